The topological polar surface area (TPSA) is 137 Å². The van der Waals surface area contributed by atoms with Gasteiger partial charge in [-0.25, -0.2) is 4.79 Å². The Morgan fingerprint density at radius 1 is 1.23 bits per heavy atom. The molecule has 2 N–H and O–H groups in total. The molecule has 0 radical (unpaired) electrons. The zero-order chi connectivity index (χ0) is 22.7. The molecule has 1 heterocycles. The van der Waals surface area contributed by atoms with Crippen molar-refractivity contribution in [2.24, 2.45) is 0 Å². The highest BCUT2D eigenvalue weighted by molar-refractivity contribution is 6.31. The first-order chi connectivity index (χ1) is 14.6. The highest BCUT2D eigenvalue weighted by Gasteiger charge is 2.20. The summed E-state index contributed by atoms with van der Waals surface area (Å²) in [6, 6.07) is 9.20. The molecule has 160 valence electrons. The van der Waals surface area contributed by atoms with Crippen molar-refractivity contribution in [3.05, 3.63) is 75.1 Å². The zero-order valence-corrected chi connectivity index (χ0v) is 17.2. The summed E-state index contributed by atoms with van der Waals surface area (Å²) in [5.41, 5.74) is 0.423. The van der Waals surface area contributed by atoms with Crippen molar-refractivity contribution < 1.29 is 24.4 Å². The van der Waals surface area contributed by atoms with Crippen LogP contribution >= 0.6 is 11.6 Å². The standard InChI is InChI=1S/C20H17ClN4O6/c1-11-7-15(3-4-17(11)21)31-16-9-13(8-14(10-16)25(29)30)22-19(26)12(2)24-6-5-18(23-24)20(27)28/h3-10,12H,1-2H3,(H,22,26)(H,27,28). The molecule has 1 unspecified atom stereocenters. The predicted octanol–water partition coefficient (Wildman–Crippen LogP) is 4.44. The second-order valence-electron chi connectivity index (χ2n) is 6.64. The van der Waals surface area contributed by atoms with Crippen molar-refractivity contribution in [3.8, 4) is 11.5 Å². The van der Waals surface area contributed by atoms with Gasteiger partial charge in [-0.15, -0.1) is 0 Å². The van der Waals surface area contributed by atoms with E-state index < -0.39 is 22.8 Å². The molecule has 0 spiro atoms. The van der Waals surface area contributed by atoms with Crippen LogP contribution in [-0.4, -0.2) is 31.7 Å². The molecular weight excluding hydrogens is 428 g/mol. The van der Waals surface area contributed by atoms with Gasteiger partial charge in [-0.2, -0.15) is 5.10 Å². The Kier molecular flexibility index (Phi) is 6.21. The lowest BCUT2D eigenvalue weighted by molar-refractivity contribution is -0.384. The number of aromatic carboxylic acids is 1. The third-order valence-corrected chi connectivity index (χ3v) is 4.76. The number of rotatable bonds is 7. The van der Waals surface area contributed by atoms with Crippen LogP contribution in [0.2, 0.25) is 5.02 Å². The lowest BCUT2D eigenvalue weighted by Gasteiger charge is -2.14. The van der Waals surface area contributed by atoms with Crippen LogP contribution in [0, 0.1) is 17.0 Å². The van der Waals surface area contributed by atoms with Crippen LogP contribution in [0.5, 0.6) is 11.5 Å². The number of nitrogens with zero attached hydrogens (tertiary/aromatic N) is 3. The Morgan fingerprint density at radius 3 is 2.58 bits per heavy atom. The number of anilines is 1. The molecule has 1 atom stereocenters. The smallest absolute Gasteiger partial charge is 0.356 e. The number of hydrogen-bond donors (Lipinski definition) is 2. The Bertz CT molecular complexity index is 1180. The van der Waals surface area contributed by atoms with Crippen molar-refractivity contribution in [1.82, 2.24) is 9.78 Å². The lowest BCUT2D eigenvalue weighted by Crippen LogP contribution is -2.24. The molecule has 0 aliphatic carbocycles. The third-order valence-electron chi connectivity index (χ3n) is 4.34. The summed E-state index contributed by atoms with van der Waals surface area (Å²) in [6.45, 7) is 3.31. The maximum absolute atomic E-state index is 12.6. The zero-order valence-electron chi connectivity index (χ0n) is 16.4. The van der Waals surface area contributed by atoms with Gasteiger partial charge in [0.1, 0.15) is 17.5 Å². The SMILES string of the molecule is Cc1cc(Oc2cc(NC(=O)C(C)n3ccc(C(=O)O)n3)cc([N+](=O)[O-])c2)ccc1Cl. The summed E-state index contributed by atoms with van der Waals surface area (Å²) in [6.07, 6.45) is 1.36. The van der Waals surface area contributed by atoms with Crippen molar-refractivity contribution in [3.63, 3.8) is 0 Å². The number of non-ortho nitro benzene ring substituents is 1. The second-order valence-corrected chi connectivity index (χ2v) is 7.04. The van der Waals surface area contributed by atoms with Gasteiger partial charge in [0.15, 0.2) is 5.69 Å². The van der Waals surface area contributed by atoms with Crippen LogP contribution < -0.4 is 10.1 Å². The first-order valence-electron chi connectivity index (χ1n) is 8.97. The molecule has 3 aromatic rings. The number of nitrogens with one attached hydrogen (secondary N) is 1. The van der Waals surface area contributed by atoms with E-state index in [1.165, 1.54) is 42.1 Å². The number of carbonyl (C=O) groups excluding carboxylic acids is 1. The van der Waals surface area contributed by atoms with E-state index in [1.807, 2.05) is 0 Å². The van der Waals surface area contributed by atoms with E-state index in [-0.39, 0.29) is 22.8 Å². The number of nitro benzene ring substituents is 1. The van der Waals surface area contributed by atoms with Crippen LogP contribution in [0.25, 0.3) is 0 Å². The number of amides is 1. The molecule has 31 heavy (non-hydrogen) atoms. The highest BCUT2D eigenvalue weighted by Crippen LogP contribution is 2.31. The highest BCUT2D eigenvalue weighted by atomic mass is 35.5. The van der Waals surface area contributed by atoms with Crippen molar-refractivity contribution in [2.75, 3.05) is 5.32 Å². The van der Waals surface area contributed by atoms with Gasteiger partial charge in [0.05, 0.1) is 16.7 Å². The van der Waals surface area contributed by atoms with Crippen LogP contribution in [0.3, 0.4) is 0 Å². The van der Waals surface area contributed by atoms with Gasteiger partial charge in [0, 0.05) is 23.4 Å². The first-order valence-corrected chi connectivity index (χ1v) is 9.34. The van der Waals surface area contributed by atoms with Gasteiger partial charge < -0.3 is 15.2 Å². The summed E-state index contributed by atoms with van der Waals surface area (Å²) in [7, 11) is 0. The van der Waals surface area contributed by atoms with E-state index in [2.05, 4.69) is 10.4 Å². The molecule has 3 rings (SSSR count). The number of hydrogen-bond acceptors (Lipinski definition) is 6. The minimum atomic E-state index is -1.22. The fourth-order valence-corrected chi connectivity index (χ4v) is 2.79. The summed E-state index contributed by atoms with van der Waals surface area (Å²) < 4.78 is 6.89. The maximum atomic E-state index is 12.6. The summed E-state index contributed by atoms with van der Waals surface area (Å²) in [4.78, 5) is 34.3. The number of carboxylic acids is 1. The molecule has 0 aliphatic heterocycles. The number of carboxylic acid groups (broad SMARTS) is 1. The fraction of sp³-hybridized carbons (Fsp3) is 0.150. The number of carbonyl (C=O) groups is 2. The average molecular weight is 445 g/mol. The molecule has 10 nitrogen and oxygen atoms in total. The van der Waals surface area contributed by atoms with Gasteiger partial charge >= 0.3 is 5.97 Å². The van der Waals surface area contributed by atoms with Gasteiger partial charge in [0.25, 0.3) is 5.69 Å². The van der Waals surface area contributed by atoms with Crippen molar-refractivity contribution in [1.29, 1.82) is 0 Å². The Morgan fingerprint density at radius 2 is 1.97 bits per heavy atom. The van der Waals surface area contributed by atoms with E-state index in [1.54, 1.807) is 25.1 Å². The number of benzene rings is 2. The van der Waals surface area contributed by atoms with E-state index in [0.717, 1.165) is 5.56 Å². The third kappa shape index (κ3) is 5.17. The van der Waals surface area contributed by atoms with Gasteiger partial charge in [0.2, 0.25) is 5.91 Å². The maximum Gasteiger partial charge on any atom is 0.356 e. The first kappa shape index (κ1) is 21.8. The van der Waals surface area contributed by atoms with Gasteiger partial charge in [-0.3, -0.25) is 19.6 Å². The quantitative estimate of drug-likeness (QED) is 0.405. The number of aryl methyl sites for hydroxylation is 1. The molecule has 0 bridgehead atoms. The van der Waals surface area contributed by atoms with Crippen molar-refractivity contribution in [2.45, 2.75) is 19.9 Å². The number of halogens is 1. The molecule has 11 heteroatoms. The van der Waals surface area contributed by atoms with Crippen LogP contribution in [0.1, 0.15) is 29.0 Å². The molecule has 0 saturated carbocycles. The minimum Gasteiger partial charge on any atom is -0.476 e. The van der Waals surface area contributed by atoms with E-state index >= 15 is 0 Å². The van der Waals surface area contributed by atoms with Crippen LogP contribution in [-0.2, 0) is 4.79 Å². The van der Waals surface area contributed by atoms with E-state index in [0.29, 0.717) is 10.8 Å². The van der Waals surface area contributed by atoms with Gasteiger partial charge in [-0.1, -0.05) is 11.6 Å². The molecule has 1 amide bonds. The Labute approximate surface area is 181 Å². The molecule has 2 aromatic carbocycles. The molecule has 1 aromatic heterocycles. The monoisotopic (exact) mass is 444 g/mol. The number of aromatic nitrogens is 2. The van der Waals surface area contributed by atoms with E-state index in [9.17, 15) is 19.7 Å². The van der Waals surface area contributed by atoms with Crippen LogP contribution in [0.15, 0.2) is 48.7 Å². The normalized spacial score (nSPS) is 11.6. The van der Waals surface area contributed by atoms with Crippen molar-refractivity contribution >= 4 is 34.9 Å². The number of ether oxygens (including phenoxy) is 1. The molecule has 0 saturated heterocycles. The Hall–Kier alpha value is -3.92. The average Bonchev–Trinajstić information content (AvgIpc) is 3.20. The van der Waals surface area contributed by atoms with E-state index in [4.69, 9.17) is 21.4 Å². The largest absolute Gasteiger partial charge is 0.476 e. The Balaban J connectivity index is 1.83. The number of nitro groups is 1. The summed E-state index contributed by atoms with van der Waals surface area (Å²) in [5, 5.41) is 27.2. The fourth-order valence-electron chi connectivity index (χ4n) is 2.67. The molecular formula is C20H17ClN4O6. The molecule has 0 fully saturated rings. The van der Waals surface area contributed by atoms with Crippen LogP contribution in [0.4, 0.5) is 11.4 Å². The summed E-state index contributed by atoms with van der Waals surface area (Å²) >= 11 is 6.00. The molecule has 0 aliphatic rings. The van der Waals surface area contributed by atoms with Gasteiger partial charge in [-0.05, 0) is 43.7 Å². The lowest BCUT2D eigenvalue weighted by atomic mass is 10.2. The minimum absolute atomic E-state index is 0.136. The predicted molar refractivity (Wildman–Crippen MR) is 112 cm³/mol. The summed E-state index contributed by atoms with van der Waals surface area (Å²) in [5.74, 6) is -1.20. The second kappa shape index (κ2) is 8.84.